The lowest BCUT2D eigenvalue weighted by Crippen LogP contribution is -2.17. The fraction of sp³-hybridized carbons (Fsp3) is 0. The number of benzene rings is 1. The van der Waals surface area contributed by atoms with Crippen molar-refractivity contribution in [2.45, 2.75) is 0 Å². The van der Waals surface area contributed by atoms with Crippen molar-refractivity contribution in [3.63, 3.8) is 0 Å². The highest BCUT2D eigenvalue weighted by Gasteiger charge is 2.26. The molecular formula is C24H14F2N6O3. The van der Waals surface area contributed by atoms with Gasteiger partial charge in [-0.15, -0.1) is 0 Å². The molecule has 0 bridgehead atoms. The smallest absolute Gasteiger partial charge is 0.321 e. The number of hydrogen-bond acceptors (Lipinski definition) is 7. The van der Waals surface area contributed by atoms with Crippen LogP contribution in [0.2, 0.25) is 0 Å². The molecule has 3 N–H and O–H groups in total. The lowest BCUT2D eigenvalue weighted by atomic mass is 9.98. The molecule has 0 saturated carbocycles. The summed E-state index contributed by atoms with van der Waals surface area (Å²) >= 11 is 0. The summed E-state index contributed by atoms with van der Waals surface area (Å²) < 4.78 is 34.7. The number of nitrogens with one attached hydrogen (secondary N) is 1. The fourth-order valence-corrected chi connectivity index (χ4v) is 3.47. The van der Waals surface area contributed by atoms with Crippen molar-refractivity contribution in [1.82, 2.24) is 24.9 Å². The zero-order chi connectivity index (χ0) is 24.5. The molecule has 0 aliphatic heterocycles. The molecule has 4 heterocycles. The van der Waals surface area contributed by atoms with Crippen molar-refractivity contribution in [3.8, 4) is 22.9 Å². The maximum absolute atomic E-state index is 14.7. The molecule has 5 aromatic rings. The molecule has 1 aromatic carbocycles. The Balaban J connectivity index is 1.50. The first kappa shape index (κ1) is 21.8. The van der Waals surface area contributed by atoms with Gasteiger partial charge in [-0.3, -0.25) is 14.6 Å². The molecule has 11 heteroatoms. The highest BCUT2D eigenvalue weighted by Crippen LogP contribution is 2.28. The van der Waals surface area contributed by atoms with Gasteiger partial charge >= 0.3 is 6.01 Å². The number of nitrogens with two attached hydrogens (primary N) is 1. The second kappa shape index (κ2) is 8.71. The van der Waals surface area contributed by atoms with Crippen LogP contribution in [-0.2, 0) is 0 Å². The van der Waals surface area contributed by atoms with E-state index in [4.69, 9.17) is 10.5 Å². The Labute approximate surface area is 195 Å². The van der Waals surface area contributed by atoms with Crippen molar-refractivity contribution in [2.75, 3.05) is 0 Å². The van der Waals surface area contributed by atoms with E-state index in [1.165, 1.54) is 31.0 Å². The Morgan fingerprint density at radius 1 is 0.943 bits per heavy atom. The Hall–Kier alpha value is -5.06. The van der Waals surface area contributed by atoms with Crippen molar-refractivity contribution >= 4 is 22.7 Å². The van der Waals surface area contributed by atoms with E-state index < -0.39 is 34.5 Å². The number of carbonyl (C=O) groups is 2. The summed E-state index contributed by atoms with van der Waals surface area (Å²) in [4.78, 5) is 43.9. The number of nitrogens with zero attached hydrogens (tertiary/aromatic N) is 4. The van der Waals surface area contributed by atoms with E-state index in [1.54, 1.807) is 24.4 Å². The first-order valence-electron chi connectivity index (χ1n) is 10.1. The fourth-order valence-electron chi connectivity index (χ4n) is 3.47. The van der Waals surface area contributed by atoms with Gasteiger partial charge in [0.05, 0.1) is 17.3 Å². The summed E-state index contributed by atoms with van der Waals surface area (Å²) in [5, 5.41) is 0.312. The number of halogens is 2. The van der Waals surface area contributed by atoms with Gasteiger partial charge in [0.15, 0.2) is 0 Å². The van der Waals surface area contributed by atoms with Crippen LogP contribution in [0.4, 0.5) is 8.78 Å². The van der Waals surface area contributed by atoms with Gasteiger partial charge in [-0.05, 0) is 30.3 Å². The minimum Gasteiger partial charge on any atom is -0.423 e. The van der Waals surface area contributed by atoms with Gasteiger partial charge in [-0.25, -0.2) is 23.7 Å². The minimum absolute atomic E-state index is 0.0359. The van der Waals surface area contributed by atoms with Crippen LogP contribution in [0.3, 0.4) is 0 Å². The number of aromatic amines is 1. The van der Waals surface area contributed by atoms with Crippen molar-refractivity contribution in [1.29, 1.82) is 0 Å². The van der Waals surface area contributed by atoms with Crippen LogP contribution in [-0.4, -0.2) is 36.6 Å². The third-order valence-corrected chi connectivity index (χ3v) is 5.16. The summed E-state index contributed by atoms with van der Waals surface area (Å²) in [6.45, 7) is 0. The van der Waals surface area contributed by atoms with E-state index in [-0.39, 0.29) is 11.6 Å². The van der Waals surface area contributed by atoms with Crippen LogP contribution in [0.25, 0.3) is 22.2 Å². The lowest BCUT2D eigenvalue weighted by Gasteiger charge is -2.07. The number of primary amides is 1. The van der Waals surface area contributed by atoms with Crippen LogP contribution >= 0.6 is 0 Å². The van der Waals surface area contributed by atoms with Crippen molar-refractivity contribution in [2.24, 2.45) is 5.73 Å². The Bertz CT molecular complexity index is 1590. The average molecular weight is 472 g/mol. The SMILES string of the molecule is NC(=O)c1ccc(F)c(C(=O)c2c[nH]c3ncc(-c4cnc(Oc5cccnc5)nc4)cc23)c1F. The molecule has 0 aliphatic rings. The number of pyridine rings is 2. The standard InChI is InChI=1S/C24H14F2N6O3/c25-18-4-3-15(22(27)34)20(26)19(18)21(33)17-11-30-23-16(17)6-12(7-29-23)13-8-31-24(32-9-13)35-14-2-1-5-28-10-14/h1-11H,(H2,27,34)(H,29,30). The number of H-pyrrole nitrogens is 1. The number of aromatic nitrogens is 5. The molecule has 5 rings (SSSR count). The molecule has 172 valence electrons. The number of rotatable bonds is 6. The number of fused-ring (bicyclic) bond motifs is 1. The number of amides is 1. The van der Waals surface area contributed by atoms with Gasteiger partial charge in [0, 0.05) is 53.1 Å². The van der Waals surface area contributed by atoms with Gasteiger partial charge in [0.1, 0.15) is 23.0 Å². The second-order valence-corrected chi connectivity index (χ2v) is 7.34. The van der Waals surface area contributed by atoms with Gasteiger partial charge in [0.25, 0.3) is 5.91 Å². The molecule has 9 nitrogen and oxygen atoms in total. The summed E-state index contributed by atoms with van der Waals surface area (Å²) in [7, 11) is 0. The Kier molecular flexibility index (Phi) is 5.41. The Morgan fingerprint density at radius 2 is 1.71 bits per heavy atom. The summed E-state index contributed by atoms with van der Waals surface area (Å²) in [6, 6.07) is 6.84. The first-order valence-corrected chi connectivity index (χ1v) is 10.1. The average Bonchev–Trinajstić information content (AvgIpc) is 3.28. The van der Waals surface area contributed by atoms with Gasteiger partial charge in [0.2, 0.25) is 5.78 Å². The summed E-state index contributed by atoms with van der Waals surface area (Å²) in [5.41, 5.74) is 5.06. The van der Waals surface area contributed by atoms with Crippen LogP contribution in [0.5, 0.6) is 11.8 Å². The number of carbonyl (C=O) groups excluding carboxylic acids is 2. The molecule has 0 spiro atoms. The van der Waals surface area contributed by atoms with E-state index >= 15 is 0 Å². The van der Waals surface area contributed by atoms with Gasteiger partial charge in [-0.2, -0.15) is 0 Å². The molecule has 0 aliphatic carbocycles. The predicted molar refractivity (Wildman–Crippen MR) is 120 cm³/mol. The van der Waals surface area contributed by atoms with E-state index in [0.29, 0.717) is 27.9 Å². The zero-order valence-electron chi connectivity index (χ0n) is 17.7. The molecule has 1 amide bonds. The monoisotopic (exact) mass is 472 g/mol. The molecule has 35 heavy (non-hydrogen) atoms. The lowest BCUT2D eigenvalue weighted by molar-refractivity contribution is 0.0996. The predicted octanol–water partition coefficient (Wildman–Crippen LogP) is 3.82. The molecular weight excluding hydrogens is 458 g/mol. The summed E-state index contributed by atoms with van der Waals surface area (Å²) in [5.74, 6) is -4.05. The molecule has 0 atom stereocenters. The minimum atomic E-state index is -1.32. The third-order valence-electron chi connectivity index (χ3n) is 5.16. The van der Waals surface area contributed by atoms with Gasteiger partial charge in [-0.1, -0.05) is 0 Å². The zero-order valence-corrected chi connectivity index (χ0v) is 17.7. The number of hydrogen-bond donors (Lipinski definition) is 2. The van der Waals surface area contributed by atoms with E-state index in [9.17, 15) is 18.4 Å². The normalized spacial score (nSPS) is 10.9. The highest BCUT2D eigenvalue weighted by molar-refractivity contribution is 6.17. The van der Waals surface area contributed by atoms with Crippen LogP contribution in [0.15, 0.2) is 67.5 Å². The Morgan fingerprint density at radius 3 is 2.43 bits per heavy atom. The maximum atomic E-state index is 14.7. The van der Waals surface area contributed by atoms with Crippen molar-refractivity contribution < 1.29 is 23.1 Å². The van der Waals surface area contributed by atoms with E-state index in [0.717, 1.165) is 12.1 Å². The maximum Gasteiger partial charge on any atom is 0.321 e. The molecule has 0 fully saturated rings. The molecule has 0 saturated heterocycles. The first-order chi connectivity index (χ1) is 16.9. The highest BCUT2D eigenvalue weighted by atomic mass is 19.1. The van der Waals surface area contributed by atoms with Crippen LogP contribution in [0.1, 0.15) is 26.3 Å². The topological polar surface area (TPSA) is 137 Å². The summed E-state index contributed by atoms with van der Waals surface area (Å²) in [6.07, 6.45) is 8.96. The second-order valence-electron chi connectivity index (χ2n) is 7.34. The molecule has 0 radical (unpaired) electrons. The largest absolute Gasteiger partial charge is 0.423 e. The third kappa shape index (κ3) is 4.06. The quantitative estimate of drug-likeness (QED) is 0.359. The number of ketones is 1. The van der Waals surface area contributed by atoms with Crippen LogP contribution < -0.4 is 10.5 Å². The van der Waals surface area contributed by atoms with E-state index in [1.807, 2.05) is 0 Å². The van der Waals surface area contributed by atoms with Crippen LogP contribution in [0, 0.1) is 11.6 Å². The van der Waals surface area contributed by atoms with E-state index in [2.05, 4.69) is 24.9 Å². The molecule has 0 unspecified atom stereocenters. The van der Waals surface area contributed by atoms with Crippen molar-refractivity contribution in [3.05, 3.63) is 95.8 Å². The molecule has 4 aromatic heterocycles. The number of ether oxygens (including phenoxy) is 1. The van der Waals surface area contributed by atoms with Gasteiger partial charge < -0.3 is 15.5 Å².